The minimum atomic E-state index is 0.572. The van der Waals surface area contributed by atoms with E-state index >= 15 is 0 Å². The van der Waals surface area contributed by atoms with Crippen molar-refractivity contribution in [1.29, 1.82) is 0 Å². The predicted molar refractivity (Wildman–Crippen MR) is 80.3 cm³/mol. The number of thioether (sulfide) groups is 1. The van der Waals surface area contributed by atoms with E-state index in [-0.39, 0.29) is 0 Å². The lowest BCUT2D eigenvalue weighted by atomic mass is 9.97. The second-order valence-electron chi connectivity index (χ2n) is 6.69. The fraction of sp³-hybridized carbons (Fsp3) is 1.00. The van der Waals surface area contributed by atoms with Crippen molar-refractivity contribution in [3.63, 3.8) is 0 Å². The number of fused-ring (bicyclic) bond motifs is 2. The number of nitrogens with zero attached hydrogens (tertiary/aromatic N) is 1. The van der Waals surface area contributed by atoms with E-state index in [9.17, 15) is 0 Å². The molecule has 2 nitrogen and oxygen atoms in total. The van der Waals surface area contributed by atoms with E-state index in [0.717, 1.165) is 18.1 Å². The van der Waals surface area contributed by atoms with E-state index in [0.29, 0.717) is 4.75 Å². The maximum Gasteiger partial charge on any atom is 0.0281 e. The van der Waals surface area contributed by atoms with Crippen molar-refractivity contribution in [2.45, 2.75) is 74.2 Å². The Morgan fingerprint density at radius 1 is 1.17 bits per heavy atom. The molecule has 3 fully saturated rings. The molecule has 3 heteroatoms. The van der Waals surface area contributed by atoms with Crippen molar-refractivity contribution in [1.82, 2.24) is 10.2 Å². The van der Waals surface area contributed by atoms with Gasteiger partial charge in [0.05, 0.1) is 0 Å². The van der Waals surface area contributed by atoms with E-state index in [1.54, 1.807) is 0 Å². The first-order valence-electron chi connectivity index (χ1n) is 7.73. The van der Waals surface area contributed by atoms with Crippen LogP contribution in [0, 0.1) is 0 Å². The molecule has 0 radical (unpaired) electrons. The molecule has 3 rings (SSSR count). The summed E-state index contributed by atoms with van der Waals surface area (Å²) in [5, 5.41) is 3.93. The molecule has 3 aliphatic rings. The highest BCUT2D eigenvalue weighted by Gasteiger charge is 2.39. The van der Waals surface area contributed by atoms with Crippen molar-refractivity contribution >= 4 is 11.8 Å². The van der Waals surface area contributed by atoms with Crippen LogP contribution in [0.25, 0.3) is 0 Å². The average molecular weight is 268 g/mol. The second kappa shape index (κ2) is 5.34. The van der Waals surface area contributed by atoms with Gasteiger partial charge in [-0.05, 0) is 51.8 Å². The van der Waals surface area contributed by atoms with Gasteiger partial charge in [0.2, 0.25) is 0 Å². The molecule has 2 unspecified atom stereocenters. The van der Waals surface area contributed by atoms with E-state index in [4.69, 9.17) is 0 Å². The van der Waals surface area contributed by atoms with Crippen LogP contribution >= 0.6 is 11.8 Å². The molecule has 0 spiro atoms. The summed E-state index contributed by atoms with van der Waals surface area (Å²) in [5.74, 6) is 0. The Labute approximate surface area is 116 Å². The number of nitrogens with one attached hydrogen (secondary N) is 1. The van der Waals surface area contributed by atoms with Gasteiger partial charge in [0, 0.05) is 29.4 Å². The minimum Gasteiger partial charge on any atom is -0.312 e. The van der Waals surface area contributed by atoms with Gasteiger partial charge in [-0.15, -0.1) is 0 Å². The first-order valence-corrected chi connectivity index (χ1v) is 8.95. The van der Waals surface area contributed by atoms with Crippen molar-refractivity contribution < 1.29 is 0 Å². The zero-order chi connectivity index (χ0) is 12.6. The number of hydrogen-bond acceptors (Lipinski definition) is 3. The van der Waals surface area contributed by atoms with Crippen LogP contribution in [-0.4, -0.2) is 47.6 Å². The summed E-state index contributed by atoms with van der Waals surface area (Å²) in [7, 11) is 2.33. The number of hydrogen-bond donors (Lipinski definition) is 1. The third-order valence-electron chi connectivity index (χ3n) is 5.76. The maximum absolute atomic E-state index is 3.93. The minimum absolute atomic E-state index is 0.572. The lowest BCUT2D eigenvalue weighted by molar-refractivity contribution is 0.147. The van der Waals surface area contributed by atoms with E-state index in [2.05, 4.69) is 35.3 Å². The van der Waals surface area contributed by atoms with Gasteiger partial charge in [0.25, 0.3) is 0 Å². The fourth-order valence-corrected chi connectivity index (χ4v) is 5.31. The number of rotatable bonds is 4. The summed E-state index contributed by atoms with van der Waals surface area (Å²) in [5.41, 5.74) is 0. The zero-order valence-corrected chi connectivity index (χ0v) is 12.8. The van der Waals surface area contributed by atoms with Crippen LogP contribution in [0.1, 0.15) is 51.4 Å². The Morgan fingerprint density at radius 3 is 2.33 bits per heavy atom. The van der Waals surface area contributed by atoms with Gasteiger partial charge >= 0.3 is 0 Å². The summed E-state index contributed by atoms with van der Waals surface area (Å²) < 4.78 is 0.572. The molecule has 2 aliphatic heterocycles. The van der Waals surface area contributed by atoms with Gasteiger partial charge < -0.3 is 10.2 Å². The molecule has 0 aromatic heterocycles. The summed E-state index contributed by atoms with van der Waals surface area (Å²) in [6, 6.07) is 2.54. The molecule has 1 saturated carbocycles. The van der Waals surface area contributed by atoms with Crippen molar-refractivity contribution in [3.8, 4) is 0 Å². The Balaban J connectivity index is 1.52. The summed E-state index contributed by atoms with van der Waals surface area (Å²) in [6.07, 6.45) is 13.7. The Hall–Kier alpha value is 0.270. The van der Waals surface area contributed by atoms with Gasteiger partial charge in [0.1, 0.15) is 0 Å². The molecular formula is C15H28N2S. The molecular weight excluding hydrogens is 240 g/mol. The lowest BCUT2D eigenvalue weighted by Crippen LogP contribution is -2.50. The third-order valence-corrected chi connectivity index (χ3v) is 7.18. The first-order chi connectivity index (χ1) is 8.72. The Bertz CT molecular complexity index is 274. The molecule has 1 N–H and O–H groups in total. The highest BCUT2D eigenvalue weighted by atomic mass is 32.2. The van der Waals surface area contributed by atoms with Crippen LogP contribution in [0.5, 0.6) is 0 Å². The van der Waals surface area contributed by atoms with Crippen molar-refractivity contribution in [2.24, 2.45) is 0 Å². The predicted octanol–water partition coefficient (Wildman–Crippen LogP) is 2.88. The average Bonchev–Trinajstić information content (AvgIpc) is 2.91. The molecule has 2 bridgehead atoms. The van der Waals surface area contributed by atoms with Crippen molar-refractivity contribution in [3.05, 3.63) is 0 Å². The van der Waals surface area contributed by atoms with Crippen molar-refractivity contribution in [2.75, 3.05) is 19.8 Å². The highest BCUT2D eigenvalue weighted by molar-refractivity contribution is 8.00. The standard InChI is InChI=1S/C15H28N2S/c1-17-13-5-6-14(17)10-12(9-13)16-11-15(18-2)7-3-4-8-15/h12-14,16H,3-11H2,1-2H3. The van der Waals surface area contributed by atoms with Crippen LogP contribution in [0.2, 0.25) is 0 Å². The molecule has 2 heterocycles. The largest absolute Gasteiger partial charge is 0.312 e. The third kappa shape index (κ3) is 2.46. The molecule has 2 atom stereocenters. The van der Waals surface area contributed by atoms with E-state index < -0.39 is 0 Å². The molecule has 1 aliphatic carbocycles. The van der Waals surface area contributed by atoms with Gasteiger partial charge in [-0.25, -0.2) is 0 Å². The molecule has 0 aromatic carbocycles. The van der Waals surface area contributed by atoms with Gasteiger partial charge in [-0.1, -0.05) is 12.8 Å². The van der Waals surface area contributed by atoms with Crippen LogP contribution in [0.4, 0.5) is 0 Å². The van der Waals surface area contributed by atoms with E-state index in [1.165, 1.54) is 57.9 Å². The Morgan fingerprint density at radius 2 is 1.78 bits per heavy atom. The molecule has 104 valence electrons. The summed E-state index contributed by atoms with van der Waals surface area (Å²) in [4.78, 5) is 2.64. The smallest absolute Gasteiger partial charge is 0.0281 e. The van der Waals surface area contributed by atoms with Crippen LogP contribution in [0.3, 0.4) is 0 Å². The topological polar surface area (TPSA) is 15.3 Å². The van der Waals surface area contributed by atoms with Gasteiger partial charge in [0.15, 0.2) is 0 Å². The molecule has 2 saturated heterocycles. The Kier molecular flexibility index (Phi) is 3.93. The van der Waals surface area contributed by atoms with Crippen LogP contribution < -0.4 is 5.32 Å². The number of piperidine rings is 1. The fourth-order valence-electron chi connectivity index (χ4n) is 4.38. The molecule has 0 amide bonds. The summed E-state index contributed by atoms with van der Waals surface area (Å²) >= 11 is 2.11. The monoisotopic (exact) mass is 268 g/mol. The lowest BCUT2D eigenvalue weighted by Gasteiger charge is -2.38. The van der Waals surface area contributed by atoms with Gasteiger partial charge in [-0.3, -0.25) is 0 Å². The SMILES string of the molecule is CSC1(CNC2CC3CCC(C2)N3C)CCCC1. The summed E-state index contributed by atoms with van der Waals surface area (Å²) in [6.45, 7) is 1.25. The van der Waals surface area contributed by atoms with E-state index in [1.807, 2.05) is 0 Å². The molecule has 0 aromatic rings. The van der Waals surface area contributed by atoms with Crippen LogP contribution in [-0.2, 0) is 0 Å². The molecule has 18 heavy (non-hydrogen) atoms. The van der Waals surface area contributed by atoms with Crippen LogP contribution in [0.15, 0.2) is 0 Å². The maximum atomic E-state index is 3.93. The zero-order valence-electron chi connectivity index (χ0n) is 12.0. The normalized spacial score (nSPS) is 39.3. The quantitative estimate of drug-likeness (QED) is 0.844. The highest BCUT2D eigenvalue weighted by Crippen LogP contribution is 2.40. The van der Waals surface area contributed by atoms with Gasteiger partial charge in [-0.2, -0.15) is 11.8 Å². The second-order valence-corrected chi connectivity index (χ2v) is 7.97. The first kappa shape index (κ1) is 13.3.